The van der Waals surface area contributed by atoms with Crippen molar-refractivity contribution in [2.75, 3.05) is 20.7 Å². The number of methoxy groups -OCH3 is 1. The molecule has 39 heavy (non-hydrogen) atoms. The molecule has 2 rings (SSSR count). The van der Waals surface area contributed by atoms with E-state index in [0.717, 1.165) is 0 Å². The number of aromatic nitrogens is 2. The minimum Gasteiger partial charge on any atom is -0.496 e. The van der Waals surface area contributed by atoms with Crippen LogP contribution in [0.1, 0.15) is 53.5 Å². The van der Waals surface area contributed by atoms with Crippen LogP contribution in [0.2, 0.25) is 0 Å². The van der Waals surface area contributed by atoms with E-state index in [2.05, 4.69) is 20.8 Å². The fourth-order valence-electron chi connectivity index (χ4n) is 3.50. The second-order valence-corrected chi connectivity index (χ2v) is 9.37. The van der Waals surface area contributed by atoms with Crippen LogP contribution in [-0.4, -0.2) is 82.5 Å². The number of Topliss-reactive ketones (excluding diaryl/α,β-unsaturated/α-hetero) is 1. The number of rotatable bonds is 14. The summed E-state index contributed by atoms with van der Waals surface area (Å²) in [7, 11) is 3.21. The summed E-state index contributed by atoms with van der Waals surface area (Å²) < 4.78 is 10.4. The SMILES string of the molecule is CC.COc1ccc(-c2ncno2)cc1CC(=O)NC(C(=O)NC(CC(=O)O)C(=O)CN(C)C(C)C)C(C)C. The highest BCUT2D eigenvalue weighted by Gasteiger charge is 2.30. The Morgan fingerprint density at radius 3 is 2.28 bits per heavy atom. The van der Waals surface area contributed by atoms with Crippen LogP contribution in [0.4, 0.5) is 0 Å². The van der Waals surface area contributed by atoms with E-state index in [0.29, 0.717) is 16.9 Å². The molecule has 3 N–H and O–H groups in total. The molecule has 12 nitrogen and oxygen atoms in total. The largest absolute Gasteiger partial charge is 0.496 e. The van der Waals surface area contributed by atoms with Crippen LogP contribution < -0.4 is 15.4 Å². The van der Waals surface area contributed by atoms with Crippen molar-refractivity contribution in [1.82, 2.24) is 25.7 Å². The van der Waals surface area contributed by atoms with E-state index in [-0.39, 0.29) is 30.8 Å². The first-order valence-corrected chi connectivity index (χ1v) is 12.9. The van der Waals surface area contributed by atoms with Crippen molar-refractivity contribution in [1.29, 1.82) is 0 Å². The molecule has 0 bridgehead atoms. The summed E-state index contributed by atoms with van der Waals surface area (Å²) in [6, 6.07) is 2.91. The number of carbonyl (C=O) groups excluding carboxylic acids is 3. The first-order valence-electron chi connectivity index (χ1n) is 12.9. The maximum atomic E-state index is 13.1. The molecule has 12 heteroatoms. The number of carboxylic acid groups (broad SMARTS) is 1. The van der Waals surface area contributed by atoms with E-state index in [1.807, 2.05) is 27.7 Å². The van der Waals surface area contributed by atoms with Gasteiger partial charge in [0.2, 0.25) is 11.8 Å². The minimum absolute atomic E-state index is 0.0230. The van der Waals surface area contributed by atoms with Gasteiger partial charge in [-0.1, -0.05) is 32.9 Å². The predicted octanol–water partition coefficient (Wildman–Crippen LogP) is 2.32. The highest BCUT2D eigenvalue weighted by molar-refractivity contribution is 5.95. The van der Waals surface area contributed by atoms with Crippen molar-refractivity contribution >= 4 is 23.6 Å². The molecule has 216 valence electrons. The molecule has 2 aromatic rings. The number of aliphatic carboxylic acids is 1. The monoisotopic (exact) mass is 547 g/mol. The molecule has 2 atom stereocenters. The van der Waals surface area contributed by atoms with E-state index >= 15 is 0 Å². The lowest BCUT2D eigenvalue weighted by atomic mass is 10.0. The lowest BCUT2D eigenvalue weighted by Gasteiger charge is -2.26. The third-order valence-electron chi connectivity index (χ3n) is 5.88. The molecule has 0 radical (unpaired) electrons. The standard InChI is InChI=1S/C25H35N5O7.C2H6/c1-14(2)23(24(35)28-18(11-22(33)34)19(31)12-30(5)15(3)4)29-21(32)10-17-9-16(7-8-20(17)36-6)25-26-13-27-37-25;1-2/h7-9,13-15,18,23H,10-12H2,1-6H3,(H,28,35)(H,29,32)(H,33,34);1-2H3. The molecule has 0 saturated heterocycles. The van der Waals surface area contributed by atoms with E-state index in [1.54, 1.807) is 44.0 Å². The summed E-state index contributed by atoms with van der Waals surface area (Å²) in [6.07, 6.45) is 0.592. The highest BCUT2D eigenvalue weighted by atomic mass is 16.5. The van der Waals surface area contributed by atoms with Gasteiger partial charge in [0.1, 0.15) is 11.8 Å². The quantitative estimate of drug-likeness (QED) is 0.320. The molecule has 0 fully saturated rings. The van der Waals surface area contributed by atoms with Gasteiger partial charge in [-0.2, -0.15) is 4.98 Å². The van der Waals surface area contributed by atoms with Gasteiger partial charge in [0.15, 0.2) is 12.1 Å². The van der Waals surface area contributed by atoms with Crippen LogP contribution in [0.15, 0.2) is 29.0 Å². The fourth-order valence-corrected chi connectivity index (χ4v) is 3.50. The van der Waals surface area contributed by atoms with Crippen molar-refractivity contribution in [2.45, 2.75) is 72.5 Å². The summed E-state index contributed by atoms with van der Waals surface area (Å²) in [5, 5.41) is 18.1. The number of hydrogen-bond donors (Lipinski definition) is 3. The van der Waals surface area contributed by atoms with E-state index < -0.39 is 42.1 Å². The zero-order chi connectivity index (χ0) is 29.7. The number of likely N-dealkylation sites (N-methyl/N-ethyl adjacent to an activating group) is 1. The van der Waals surface area contributed by atoms with Crippen LogP contribution >= 0.6 is 0 Å². The molecular formula is C27H41N5O7. The van der Waals surface area contributed by atoms with Gasteiger partial charge >= 0.3 is 5.97 Å². The van der Waals surface area contributed by atoms with Gasteiger partial charge in [-0.05, 0) is 45.0 Å². The van der Waals surface area contributed by atoms with Gasteiger partial charge in [-0.25, -0.2) is 0 Å². The summed E-state index contributed by atoms with van der Waals surface area (Å²) in [6.45, 7) is 11.2. The van der Waals surface area contributed by atoms with Crippen molar-refractivity contribution in [2.24, 2.45) is 5.92 Å². The number of ketones is 1. The van der Waals surface area contributed by atoms with Crippen LogP contribution in [-0.2, 0) is 25.6 Å². The Bertz CT molecular complexity index is 1090. The van der Waals surface area contributed by atoms with Gasteiger partial charge in [-0.3, -0.25) is 24.1 Å². The van der Waals surface area contributed by atoms with Gasteiger partial charge < -0.3 is 25.0 Å². The maximum Gasteiger partial charge on any atom is 0.305 e. The number of benzene rings is 1. The van der Waals surface area contributed by atoms with E-state index in [1.165, 1.54) is 13.4 Å². The van der Waals surface area contributed by atoms with Crippen molar-refractivity contribution in [3.8, 4) is 17.2 Å². The Labute approximate surface area is 229 Å². The summed E-state index contributed by atoms with van der Waals surface area (Å²) >= 11 is 0. The minimum atomic E-state index is -1.23. The summed E-state index contributed by atoms with van der Waals surface area (Å²) in [5.41, 5.74) is 1.13. The number of carbonyl (C=O) groups is 4. The maximum absolute atomic E-state index is 13.1. The lowest BCUT2D eigenvalue weighted by molar-refractivity contribution is -0.141. The number of nitrogens with zero attached hydrogens (tertiary/aromatic N) is 3. The predicted molar refractivity (Wildman–Crippen MR) is 145 cm³/mol. The highest BCUT2D eigenvalue weighted by Crippen LogP contribution is 2.26. The van der Waals surface area contributed by atoms with Crippen molar-refractivity contribution in [3.63, 3.8) is 0 Å². The van der Waals surface area contributed by atoms with Gasteiger partial charge in [0, 0.05) is 17.2 Å². The first kappa shape index (κ1) is 33.2. The third kappa shape index (κ3) is 10.5. The molecule has 1 aromatic heterocycles. The zero-order valence-electron chi connectivity index (χ0n) is 24.0. The van der Waals surface area contributed by atoms with Gasteiger partial charge in [0.25, 0.3) is 5.89 Å². The molecule has 1 aromatic carbocycles. The zero-order valence-corrected chi connectivity index (χ0v) is 24.0. The fraction of sp³-hybridized carbons (Fsp3) is 0.556. The molecule has 0 spiro atoms. The first-order chi connectivity index (χ1) is 18.4. The van der Waals surface area contributed by atoms with Gasteiger partial charge in [0.05, 0.1) is 32.5 Å². The van der Waals surface area contributed by atoms with Crippen LogP contribution in [0.25, 0.3) is 11.5 Å². The molecule has 2 unspecified atom stereocenters. The van der Waals surface area contributed by atoms with Crippen LogP contribution in [0.3, 0.4) is 0 Å². The Morgan fingerprint density at radius 1 is 1.10 bits per heavy atom. The molecule has 1 heterocycles. The second-order valence-electron chi connectivity index (χ2n) is 9.37. The Kier molecular flexibility index (Phi) is 13.8. The Hall–Kier alpha value is -3.80. The topological polar surface area (TPSA) is 164 Å². The number of nitrogens with one attached hydrogen (secondary N) is 2. The van der Waals surface area contributed by atoms with Crippen LogP contribution in [0.5, 0.6) is 5.75 Å². The Morgan fingerprint density at radius 2 is 1.77 bits per heavy atom. The van der Waals surface area contributed by atoms with E-state index in [9.17, 15) is 24.3 Å². The molecule has 2 amide bonds. The number of amides is 2. The lowest BCUT2D eigenvalue weighted by Crippen LogP contribution is -2.55. The summed E-state index contributed by atoms with van der Waals surface area (Å²) in [5.74, 6) is -2.34. The molecule has 0 aliphatic rings. The molecular weight excluding hydrogens is 506 g/mol. The second kappa shape index (κ2) is 16.2. The molecule has 0 aliphatic heterocycles. The number of hydrogen-bond acceptors (Lipinski definition) is 9. The average molecular weight is 548 g/mol. The van der Waals surface area contributed by atoms with Crippen molar-refractivity contribution in [3.05, 3.63) is 30.1 Å². The van der Waals surface area contributed by atoms with Gasteiger partial charge in [-0.15, -0.1) is 0 Å². The molecule has 0 saturated carbocycles. The number of carboxylic acids is 1. The van der Waals surface area contributed by atoms with E-state index in [4.69, 9.17) is 9.26 Å². The third-order valence-corrected chi connectivity index (χ3v) is 5.88. The van der Waals surface area contributed by atoms with Crippen LogP contribution in [0, 0.1) is 5.92 Å². The normalized spacial score (nSPS) is 12.4. The smallest absolute Gasteiger partial charge is 0.305 e. The van der Waals surface area contributed by atoms with Crippen molar-refractivity contribution < 1.29 is 33.5 Å². The summed E-state index contributed by atoms with van der Waals surface area (Å²) in [4.78, 5) is 55.9. The Balaban J connectivity index is 0.00000371. The number of ether oxygens (including phenoxy) is 1. The average Bonchev–Trinajstić information content (AvgIpc) is 3.42. The molecule has 0 aliphatic carbocycles.